The summed E-state index contributed by atoms with van der Waals surface area (Å²) >= 11 is 0. The van der Waals surface area contributed by atoms with Crippen LogP contribution >= 0.6 is 0 Å². The van der Waals surface area contributed by atoms with E-state index in [4.69, 9.17) is 4.84 Å². The normalized spacial score (nSPS) is 18.1. The second-order valence-corrected chi connectivity index (χ2v) is 3.46. The summed E-state index contributed by atoms with van der Waals surface area (Å²) in [5.41, 5.74) is 4.62. The number of hydrogen-bond acceptors (Lipinski definition) is 3. The van der Waals surface area contributed by atoms with Crippen molar-refractivity contribution in [3.05, 3.63) is 29.8 Å². The van der Waals surface area contributed by atoms with Gasteiger partial charge in [0.15, 0.2) is 0 Å². The van der Waals surface area contributed by atoms with Crippen LogP contribution in [-0.2, 0) is 16.1 Å². The quantitative estimate of drug-likeness (QED) is 0.728. The van der Waals surface area contributed by atoms with E-state index in [0.29, 0.717) is 6.61 Å². The summed E-state index contributed by atoms with van der Waals surface area (Å²) < 4.78 is 0. The largest absolute Gasteiger partial charge is 0.373 e. The molecular weight excluding hydrogens is 192 g/mol. The van der Waals surface area contributed by atoms with E-state index in [0.717, 1.165) is 12.1 Å². The van der Waals surface area contributed by atoms with Crippen molar-refractivity contribution in [1.82, 2.24) is 5.48 Å². The smallest absolute Gasteiger partial charge is 0.266 e. The van der Waals surface area contributed by atoms with Crippen molar-refractivity contribution in [3.63, 3.8) is 0 Å². The molecule has 0 fully saturated rings. The molecule has 80 valence electrons. The molecule has 0 radical (unpaired) electrons. The second-order valence-electron chi connectivity index (χ2n) is 3.46. The number of anilines is 1. The van der Waals surface area contributed by atoms with Crippen LogP contribution in [0.2, 0.25) is 0 Å². The van der Waals surface area contributed by atoms with Crippen LogP contribution < -0.4 is 10.8 Å². The monoisotopic (exact) mass is 206 g/mol. The molecule has 4 heteroatoms. The number of carbonyl (C=O) groups is 1. The minimum atomic E-state index is -0.214. The summed E-state index contributed by atoms with van der Waals surface area (Å²) in [5.74, 6) is -0.118. The Morgan fingerprint density at radius 1 is 1.60 bits per heavy atom. The molecule has 0 saturated heterocycles. The van der Waals surface area contributed by atoms with Crippen molar-refractivity contribution in [3.8, 4) is 0 Å². The molecule has 1 heterocycles. The Balaban J connectivity index is 1.98. The first-order valence-corrected chi connectivity index (χ1v) is 5.07. The first-order valence-electron chi connectivity index (χ1n) is 5.07. The van der Waals surface area contributed by atoms with E-state index in [-0.39, 0.29) is 11.9 Å². The highest BCUT2D eigenvalue weighted by Crippen LogP contribution is 2.24. The minimum Gasteiger partial charge on any atom is -0.373 e. The van der Waals surface area contributed by atoms with Gasteiger partial charge in [-0.1, -0.05) is 18.2 Å². The van der Waals surface area contributed by atoms with E-state index in [2.05, 4.69) is 10.8 Å². The number of carbonyl (C=O) groups excluding carboxylic acids is 1. The molecule has 15 heavy (non-hydrogen) atoms. The third kappa shape index (κ3) is 2.10. The highest BCUT2D eigenvalue weighted by Gasteiger charge is 2.26. The average molecular weight is 206 g/mol. The predicted octanol–water partition coefficient (Wildman–Crippen LogP) is 1.09. The van der Waals surface area contributed by atoms with Gasteiger partial charge in [-0.2, -0.15) is 0 Å². The lowest BCUT2D eigenvalue weighted by molar-refractivity contribution is -0.133. The maximum Gasteiger partial charge on any atom is 0.266 e. The number of rotatable bonds is 3. The van der Waals surface area contributed by atoms with E-state index in [1.807, 2.05) is 31.2 Å². The topological polar surface area (TPSA) is 50.4 Å². The Kier molecular flexibility index (Phi) is 2.87. The fourth-order valence-electron chi connectivity index (χ4n) is 1.67. The first kappa shape index (κ1) is 9.98. The summed E-state index contributed by atoms with van der Waals surface area (Å²) in [4.78, 5) is 16.4. The second kappa shape index (κ2) is 4.31. The van der Waals surface area contributed by atoms with E-state index in [1.54, 1.807) is 0 Å². The lowest BCUT2D eigenvalue weighted by Crippen LogP contribution is -2.38. The lowest BCUT2D eigenvalue weighted by Gasteiger charge is -2.10. The Hall–Kier alpha value is -1.55. The lowest BCUT2D eigenvalue weighted by atomic mass is 10.1. The molecule has 1 aliphatic heterocycles. The van der Waals surface area contributed by atoms with E-state index in [9.17, 15) is 4.79 Å². The van der Waals surface area contributed by atoms with Gasteiger partial charge < -0.3 is 5.32 Å². The molecule has 0 saturated carbocycles. The summed E-state index contributed by atoms with van der Waals surface area (Å²) in [7, 11) is 0. The number of hydroxylamine groups is 1. The summed E-state index contributed by atoms with van der Waals surface area (Å²) in [6.07, 6.45) is 0.717. The van der Waals surface area contributed by atoms with Gasteiger partial charge >= 0.3 is 0 Å². The van der Waals surface area contributed by atoms with Gasteiger partial charge in [0, 0.05) is 12.1 Å². The molecule has 0 aromatic heterocycles. The van der Waals surface area contributed by atoms with Crippen LogP contribution in [0, 0.1) is 0 Å². The van der Waals surface area contributed by atoms with Crippen LogP contribution in [0.15, 0.2) is 24.3 Å². The van der Waals surface area contributed by atoms with Crippen molar-refractivity contribution in [2.75, 3.05) is 11.9 Å². The minimum absolute atomic E-state index is 0.118. The number of hydrogen-bond donors (Lipinski definition) is 2. The van der Waals surface area contributed by atoms with Crippen LogP contribution in [0.25, 0.3) is 0 Å². The molecule has 4 nitrogen and oxygen atoms in total. The zero-order valence-electron chi connectivity index (χ0n) is 8.62. The third-order valence-corrected chi connectivity index (χ3v) is 2.40. The number of para-hydroxylation sites is 1. The summed E-state index contributed by atoms with van der Waals surface area (Å²) in [6.45, 7) is 2.31. The van der Waals surface area contributed by atoms with Gasteiger partial charge in [0.05, 0.1) is 6.61 Å². The summed E-state index contributed by atoms with van der Waals surface area (Å²) in [5, 5.41) is 3.15. The van der Waals surface area contributed by atoms with Gasteiger partial charge in [0.2, 0.25) is 0 Å². The molecule has 0 spiro atoms. The van der Waals surface area contributed by atoms with Gasteiger partial charge in [-0.3, -0.25) is 9.63 Å². The molecule has 2 N–H and O–H groups in total. The maximum absolute atomic E-state index is 11.6. The standard InChI is InChI=1S/C11H14N2O2/c1-2-15-13-11(14)10-7-8-5-3-4-6-9(8)12-10/h3-6,10,12H,2,7H2,1H3,(H,13,14)/t10-/m0/s1. The van der Waals surface area contributed by atoms with Crippen molar-refractivity contribution in [1.29, 1.82) is 0 Å². The van der Waals surface area contributed by atoms with E-state index >= 15 is 0 Å². The molecule has 1 atom stereocenters. The molecular formula is C11H14N2O2. The Labute approximate surface area is 88.6 Å². The molecule has 1 amide bonds. The van der Waals surface area contributed by atoms with Crippen LogP contribution in [0.5, 0.6) is 0 Å². The molecule has 2 rings (SSSR count). The zero-order chi connectivity index (χ0) is 10.7. The third-order valence-electron chi connectivity index (χ3n) is 2.40. The van der Waals surface area contributed by atoms with Crippen LogP contribution in [0.1, 0.15) is 12.5 Å². The molecule has 1 aliphatic rings. The molecule has 0 aliphatic carbocycles. The molecule has 1 aromatic carbocycles. The summed E-state index contributed by atoms with van der Waals surface area (Å²) in [6, 6.07) is 7.71. The molecule has 0 unspecified atom stereocenters. The SMILES string of the molecule is CCONC(=O)[C@@H]1Cc2ccccc2N1. The Morgan fingerprint density at radius 2 is 2.40 bits per heavy atom. The zero-order valence-corrected chi connectivity index (χ0v) is 8.62. The predicted molar refractivity (Wildman–Crippen MR) is 57.3 cm³/mol. The van der Waals surface area contributed by atoms with Gasteiger partial charge in [0.1, 0.15) is 6.04 Å². The number of fused-ring (bicyclic) bond motifs is 1. The van der Waals surface area contributed by atoms with Gasteiger partial charge in [0.25, 0.3) is 5.91 Å². The maximum atomic E-state index is 11.6. The fraction of sp³-hybridized carbons (Fsp3) is 0.364. The van der Waals surface area contributed by atoms with Gasteiger partial charge in [-0.15, -0.1) is 0 Å². The molecule has 1 aromatic rings. The number of benzene rings is 1. The Morgan fingerprint density at radius 3 is 3.13 bits per heavy atom. The van der Waals surface area contributed by atoms with E-state index < -0.39 is 0 Å². The highest BCUT2D eigenvalue weighted by atomic mass is 16.6. The number of nitrogens with one attached hydrogen (secondary N) is 2. The Bertz CT molecular complexity index is 340. The van der Waals surface area contributed by atoms with Gasteiger partial charge in [-0.25, -0.2) is 5.48 Å². The van der Waals surface area contributed by atoms with Crippen molar-refractivity contribution >= 4 is 11.6 Å². The van der Waals surface area contributed by atoms with Crippen LogP contribution in [-0.4, -0.2) is 18.6 Å². The van der Waals surface area contributed by atoms with Crippen molar-refractivity contribution < 1.29 is 9.63 Å². The average Bonchev–Trinajstić information content (AvgIpc) is 2.69. The van der Waals surface area contributed by atoms with E-state index in [1.165, 1.54) is 5.56 Å². The first-order chi connectivity index (χ1) is 7.31. The van der Waals surface area contributed by atoms with Crippen LogP contribution in [0.4, 0.5) is 5.69 Å². The molecule has 0 bridgehead atoms. The van der Waals surface area contributed by atoms with Crippen LogP contribution in [0.3, 0.4) is 0 Å². The van der Waals surface area contributed by atoms with Crippen molar-refractivity contribution in [2.24, 2.45) is 0 Å². The van der Waals surface area contributed by atoms with Crippen molar-refractivity contribution in [2.45, 2.75) is 19.4 Å². The fourth-order valence-corrected chi connectivity index (χ4v) is 1.67. The van der Waals surface area contributed by atoms with Gasteiger partial charge in [-0.05, 0) is 18.6 Å². The number of amides is 1. The highest BCUT2D eigenvalue weighted by molar-refractivity contribution is 5.86.